The number of rotatable bonds is 3. The summed E-state index contributed by atoms with van der Waals surface area (Å²) in [4.78, 5) is 24.4. The fourth-order valence-corrected chi connectivity index (χ4v) is 1.00. The lowest BCUT2D eigenvalue weighted by Gasteiger charge is -2.29. The third-order valence-corrected chi connectivity index (χ3v) is 2.80. The van der Waals surface area contributed by atoms with Crippen molar-refractivity contribution in [1.29, 1.82) is 0 Å². The summed E-state index contributed by atoms with van der Waals surface area (Å²) in [6.45, 7) is 6.94. The molecule has 0 saturated carbocycles. The van der Waals surface area contributed by atoms with Gasteiger partial charge >= 0.3 is 0 Å². The van der Waals surface area contributed by atoms with E-state index >= 15 is 0 Å². The number of amides is 1. The van der Waals surface area contributed by atoms with Crippen molar-refractivity contribution in [3.63, 3.8) is 0 Å². The Hall–Kier alpha value is -0.860. The molecule has 0 aliphatic heterocycles. The lowest BCUT2D eigenvalue weighted by atomic mass is 9.76. The molecule has 0 fully saturated rings. The number of hydrogen-bond donors (Lipinski definition) is 0. The van der Waals surface area contributed by atoms with Gasteiger partial charge in [0.15, 0.2) is 0 Å². The van der Waals surface area contributed by atoms with Gasteiger partial charge in [0.25, 0.3) is 0 Å². The topological polar surface area (TPSA) is 37.4 Å². The van der Waals surface area contributed by atoms with Gasteiger partial charge in [0, 0.05) is 25.4 Å². The summed E-state index contributed by atoms with van der Waals surface area (Å²) in [5, 5.41) is 0. The Bertz CT molecular complexity index is 219. The minimum Gasteiger partial charge on any atom is -0.349 e. The molecule has 0 aromatic heterocycles. The van der Waals surface area contributed by atoms with Gasteiger partial charge in [0.2, 0.25) is 5.91 Å². The molecular weight excluding hydrogens is 166 g/mol. The van der Waals surface area contributed by atoms with E-state index < -0.39 is 5.41 Å². The van der Waals surface area contributed by atoms with E-state index in [2.05, 4.69) is 0 Å². The van der Waals surface area contributed by atoms with Crippen LogP contribution < -0.4 is 0 Å². The molecule has 0 rings (SSSR count). The number of nitrogens with zero attached hydrogens (tertiary/aromatic N) is 1. The Morgan fingerprint density at radius 2 is 1.62 bits per heavy atom. The quantitative estimate of drug-likeness (QED) is 0.665. The molecule has 0 heterocycles. The standard InChI is InChI=1S/C10H19NO2/c1-7(9(13)11(5)6)10(3,4)8(2)12/h7H,1-6H3. The smallest absolute Gasteiger partial charge is 0.225 e. The zero-order valence-corrected chi connectivity index (χ0v) is 9.34. The molecule has 0 saturated heterocycles. The fraction of sp³-hybridized carbons (Fsp3) is 0.800. The monoisotopic (exact) mass is 185 g/mol. The second-order valence-corrected chi connectivity index (χ2v) is 4.23. The molecule has 76 valence electrons. The first kappa shape index (κ1) is 12.1. The lowest BCUT2D eigenvalue weighted by molar-refractivity contribution is -0.142. The van der Waals surface area contributed by atoms with Crippen molar-refractivity contribution in [3.05, 3.63) is 0 Å². The average Bonchev–Trinajstić information content (AvgIpc) is 2.01. The molecule has 0 radical (unpaired) electrons. The molecule has 0 aliphatic carbocycles. The fourth-order valence-electron chi connectivity index (χ4n) is 1.00. The van der Waals surface area contributed by atoms with Crippen LogP contribution in [0.1, 0.15) is 27.7 Å². The molecule has 1 amide bonds. The van der Waals surface area contributed by atoms with E-state index in [1.807, 2.05) is 0 Å². The Kier molecular flexibility index (Phi) is 3.64. The van der Waals surface area contributed by atoms with Gasteiger partial charge in [-0.25, -0.2) is 0 Å². The summed E-state index contributed by atoms with van der Waals surface area (Å²) >= 11 is 0. The molecule has 0 N–H and O–H groups in total. The Balaban J connectivity index is 4.68. The van der Waals surface area contributed by atoms with Crippen LogP contribution >= 0.6 is 0 Å². The molecule has 3 heteroatoms. The first-order chi connectivity index (χ1) is 5.71. The van der Waals surface area contributed by atoms with Gasteiger partial charge < -0.3 is 4.90 Å². The maximum atomic E-state index is 11.6. The summed E-state index contributed by atoms with van der Waals surface area (Å²) in [6, 6.07) is 0. The summed E-state index contributed by atoms with van der Waals surface area (Å²) < 4.78 is 0. The van der Waals surface area contributed by atoms with Crippen molar-refractivity contribution >= 4 is 11.7 Å². The molecule has 0 aromatic carbocycles. The molecule has 1 unspecified atom stereocenters. The highest BCUT2D eigenvalue weighted by atomic mass is 16.2. The molecule has 3 nitrogen and oxygen atoms in total. The summed E-state index contributed by atoms with van der Waals surface area (Å²) in [7, 11) is 3.41. The zero-order chi connectivity index (χ0) is 10.8. The van der Waals surface area contributed by atoms with E-state index in [-0.39, 0.29) is 17.6 Å². The molecule has 0 aliphatic rings. The number of ketones is 1. The summed E-state index contributed by atoms with van der Waals surface area (Å²) in [6.07, 6.45) is 0. The molecule has 1 atom stereocenters. The first-order valence-corrected chi connectivity index (χ1v) is 4.43. The predicted octanol–water partition coefficient (Wildman–Crippen LogP) is 1.33. The van der Waals surface area contributed by atoms with Crippen molar-refractivity contribution in [2.24, 2.45) is 11.3 Å². The van der Waals surface area contributed by atoms with Gasteiger partial charge in [-0.1, -0.05) is 20.8 Å². The van der Waals surface area contributed by atoms with Gasteiger partial charge in [-0.05, 0) is 6.92 Å². The van der Waals surface area contributed by atoms with Crippen LogP contribution in [0.4, 0.5) is 0 Å². The summed E-state index contributed by atoms with van der Waals surface area (Å²) in [5.41, 5.74) is -0.568. The van der Waals surface area contributed by atoms with Gasteiger partial charge in [-0.3, -0.25) is 9.59 Å². The lowest BCUT2D eigenvalue weighted by Crippen LogP contribution is -2.40. The van der Waals surface area contributed by atoms with E-state index in [4.69, 9.17) is 0 Å². The zero-order valence-electron chi connectivity index (χ0n) is 9.34. The normalized spacial score (nSPS) is 13.7. The molecule has 13 heavy (non-hydrogen) atoms. The van der Waals surface area contributed by atoms with Crippen LogP contribution in [0, 0.1) is 11.3 Å². The molecule has 0 bridgehead atoms. The minimum atomic E-state index is -0.568. The van der Waals surface area contributed by atoms with Crippen LogP contribution in [-0.4, -0.2) is 30.7 Å². The second kappa shape index (κ2) is 3.90. The van der Waals surface area contributed by atoms with E-state index in [1.165, 1.54) is 11.8 Å². The van der Waals surface area contributed by atoms with Crippen molar-refractivity contribution in [2.75, 3.05) is 14.1 Å². The highest BCUT2D eigenvalue weighted by Crippen LogP contribution is 2.28. The maximum absolute atomic E-state index is 11.6. The van der Waals surface area contributed by atoms with Crippen molar-refractivity contribution in [3.8, 4) is 0 Å². The average molecular weight is 185 g/mol. The Labute approximate surface area is 80.1 Å². The van der Waals surface area contributed by atoms with Crippen LogP contribution in [0.3, 0.4) is 0 Å². The highest BCUT2D eigenvalue weighted by Gasteiger charge is 2.36. The third-order valence-electron chi connectivity index (χ3n) is 2.80. The van der Waals surface area contributed by atoms with E-state index in [1.54, 1.807) is 34.9 Å². The maximum Gasteiger partial charge on any atom is 0.225 e. The Morgan fingerprint density at radius 1 is 1.23 bits per heavy atom. The van der Waals surface area contributed by atoms with Gasteiger partial charge in [0.1, 0.15) is 5.78 Å². The number of carbonyl (C=O) groups excluding carboxylic acids is 2. The highest BCUT2D eigenvalue weighted by molar-refractivity contribution is 5.89. The SMILES string of the molecule is CC(=O)C(C)(C)C(C)C(=O)N(C)C. The van der Waals surface area contributed by atoms with Crippen molar-refractivity contribution in [2.45, 2.75) is 27.7 Å². The van der Waals surface area contributed by atoms with Crippen LogP contribution in [-0.2, 0) is 9.59 Å². The largest absolute Gasteiger partial charge is 0.349 e. The minimum absolute atomic E-state index is 0.000185. The van der Waals surface area contributed by atoms with Crippen LogP contribution in [0.5, 0.6) is 0 Å². The predicted molar refractivity (Wildman–Crippen MR) is 52.3 cm³/mol. The van der Waals surface area contributed by atoms with Crippen LogP contribution in [0.2, 0.25) is 0 Å². The van der Waals surface area contributed by atoms with Crippen molar-refractivity contribution < 1.29 is 9.59 Å². The van der Waals surface area contributed by atoms with E-state index in [9.17, 15) is 9.59 Å². The number of carbonyl (C=O) groups is 2. The van der Waals surface area contributed by atoms with Gasteiger partial charge in [0.05, 0.1) is 0 Å². The van der Waals surface area contributed by atoms with E-state index in [0.29, 0.717) is 0 Å². The van der Waals surface area contributed by atoms with Crippen LogP contribution in [0.25, 0.3) is 0 Å². The summed E-state index contributed by atoms with van der Waals surface area (Å²) in [5.74, 6) is -0.213. The second-order valence-electron chi connectivity index (χ2n) is 4.23. The van der Waals surface area contributed by atoms with E-state index in [0.717, 1.165) is 0 Å². The first-order valence-electron chi connectivity index (χ1n) is 4.43. The molecular formula is C10H19NO2. The number of hydrogen-bond acceptors (Lipinski definition) is 2. The third kappa shape index (κ3) is 2.54. The molecule has 0 aromatic rings. The van der Waals surface area contributed by atoms with Gasteiger partial charge in [-0.15, -0.1) is 0 Å². The number of Topliss-reactive ketones (excluding diaryl/α,β-unsaturated/α-hetero) is 1. The Morgan fingerprint density at radius 3 is 1.85 bits per heavy atom. The van der Waals surface area contributed by atoms with Crippen molar-refractivity contribution in [1.82, 2.24) is 4.90 Å². The molecule has 0 spiro atoms. The van der Waals surface area contributed by atoms with Gasteiger partial charge in [-0.2, -0.15) is 0 Å². The van der Waals surface area contributed by atoms with Crippen LogP contribution in [0.15, 0.2) is 0 Å².